The van der Waals surface area contributed by atoms with Crippen LogP contribution in [0.1, 0.15) is 23.6 Å². The highest BCUT2D eigenvalue weighted by molar-refractivity contribution is 6.31. The number of benzene rings is 2. The monoisotopic (exact) mass is 361 g/mol. The highest BCUT2D eigenvalue weighted by Crippen LogP contribution is 2.32. The number of aryl methyl sites for hydroxylation is 1. The number of hydrazine groups is 1. The zero-order valence-corrected chi connectivity index (χ0v) is 14.7. The minimum Gasteiger partial charge on any atom is -0.508 e. The summed E-state index contributed by atoms with van der Waals surface area (Å²) in [5.74, 6) is 0.543. The highest BCUT2D eigenvalue weighted by atomic mass is 35.5. The van der Waals surface area contributed by atoms with Gasteiger partial charge in [0.05, 0.1) is 18.8 Å². The number of hydrogen-bond acceptors (Lipinski definition) is 5. The highest BCUT2D eigenvalue weighted by Gasteiger charge is 2.31. The van der Waals surface area contributed by atoms with Gasteiger partial charge >= 0.3 is 0 Å². The number of methoxy groups -OCH3 is 1. The Balaban J connectivity index is 1.71. The lowest BCUT2D eigenvalue weighted by Gasteiger charge is -2.14. The van der Waals surface area contributed by atoms with Gasteiger partial charge in [-0.05, 0) is 37.6 Å². The number of ether oxygens (including phenoxy) is 1. The number of rotatable bonds is 4. The van der Waals surface area contributed by atoms with Crippen LogP contribution in [0.5, 0.6) is 11.5 Å². The van der Waals surface area contributed by atoms with Gasteiger partial charge in [0, 0.05) is 10.6 Å². The maximum absolute atomic E-state index is 12.5. The molecule has 1 amide bonds. The molecule has 1 aliphatic rings. The van der Waals surface area contributed by atoms with Crippen molar-refractivity contribution in [2.45, 2.75) is 25.4 Å². The van der Waals surface area contributed by atoms with Crippen molar-refractivity contribution < 1.29 is 14.6 Å². The van der Waals surface area contributed by atoms with Gasteiger partial charge in [-0.1, -0.05) is 29.3 Å². The molecule has 0 saturated carbocycles. The number of nitrogens with one attached hydrogen (secondary N) is 3. The second kappa shape index (κ2) is 7.31. The molecule has 0 bridgehead atoms. The van der Waals surface area contributed by atoms with Crippen molar-refractivity contribution in [2.75, 3.05) is 12.4 Å². The minimum absolute atomic E-state index is 0.156. The van der Waals surface area contributed by atoms with E-state index in [4.69, 9.17) is 16.3 Å². The van der Waals surface area contributed by atoms with Crippen LogP contribution in [0.3, 0.4) is 0 Å². The van der Waals surface area contributed by atoms with Crippen molar-refractivity contribution in [1.82, 2.24) is 10.9 Å². The van der Waals surface area contributed by atoms with E-state index in [1.165, 1.54) is 7.11 Å². The van der Waals surface area contributed by atoms with Crippen LogP contribution in [0, 0.1) is 6.92 Å². The molecule has 6 nitrogen and oxygen atoms in total. The van der Waals surface area contributed by atoms with Crippen LogP contribution < -0.4 is 20.9 Å². The van der Waals surface area contributed by atoms with Crippen LogP contribution in [-0.4, -0.2) is 24.2 Å². The van der Waals surface area contributed by atoms with E-state index in [1.54, 1.807) is 24.3 Å². The molecule has 2 aromatic rings. The first-order valence-corrected chi connectivity index (χ1v) is 8.30. The predicted molar refractivity (Wildman–Crippen MR) is 96.9 cm³/mol. The first-order chi connectivity index (χ1) is 12.0. The lowest BCUT2D eigenvalue weighted by atomic mass is 9.99. The van der Waals surface area contributed by atoms with Crippen LogP contribution in [0.25, 0.3) is 0 Å². The van der Waals surface area contributed by atoms with E-state index in [9.17, 15) is 9.90 Å². The Morgan fingerprint density at radius 3 is 2.84 bits per heavy atom. The quantitative estimate of drug-likeness (QED) is 0.673. The van der Waals surface area contributed by atoms with E-state index >= 15 is 0 Å². The van der Waals surface area contributed by atoms with Crippen LogP contribution in [0.4, 0.5) is 5.69 Å². The van der Waals surface area contributed by atoms with E-state index in [0.717, 1.165) is 11.1 Å². The Morgan fingerprint density at radius 1 is 1.28 bits per heavy atom. The molecule has 1 heterocycles. The second-order valence-corrected chi connectivity index (χ2v) is 6.46. The molecular formula is C18H20ClN3O3. The molecule has 4 N–H and O–H groups in total. The fourth-order valence-corrected chi connectivity index (χ4v) is 3.05. The lowest BCUT2D eigenvalue weighted by Crippen LogP contribution is -2.39. The standard InChI is InChI=1S/C18H20ClN3O3/c1-10-3-5-16(23)12(7-10)13-9-15(22-21-13)18(24)20-14-8-11(19)4-6-17(14)25-2/h3-8,13,15,21-23H,9H2,1-2H3,(H,20,24). The average Bonchev–Trinajstić information content (AvgIpc) is 3.07. The summed E-state index contributed by atoms with van der Waals surface area (Å²) < 4.78 is 5.24. The summed E-state index contributed by atoms with van der Waals surface area (Å²) in [6, 6.07) is 9.85. The number of phenolic OH excluding ortho intramolecular Hbond substituents is 1. The number of carbonyl (C=O) groups is 1. The molecule has 1 fully saturated rings. The van der Waals surface area contributed by atoms with Crippen LogP contribution in [0.15, 0.2) is 36.4 Å². The van der Waals surface area contributed by atoms with E-state index < -0.39 is 6.04 Å². The number of carbonyl (C=O) groups excluding carboxylic acids is 1. The third-order valence-electron chi connectivity index (χ3n) is 4.20. The Morgan fingerprint density at radius 2 is 2.08 bits per heavy atom. The first-order valence-electron chi connectivity index (χ1n) is 7.93. The summed E-state index contributed by atoms with van der Waals surface area (Å²) >= 11 is 5.99. The van der Waals surface area contributed by atoms with Gasteiger partial charge in [0.1, 0.15) is 17.5 Å². The molecule has 0 spiro atoms. The summed E-state index contributed by atoms with van der Waals surface area (Å²) in [6.07, 6.45) is 0.506. The van der Waals surface area contributed by atoms with E-state index in [0.29, 0.717) is 22.9 Å². The molecule has 0 aliphatic carbocycles. The number of aromatic hydroxyl groups is 1. The second-order valence-electron chi connectivity index (χ2n) is 6.03. The van der Waals surface area contributed by atoms with Gasteiger partial charge in [-0.15, -0.1) is 0 Å². The van der Waals surface area contributed by atoms with Crippen LogP contribution in [-0.2, 0) is 4.79 Å². The smallest absolute Gasteiger partial charge is 0.243 e. The van der Waals surface area contributed by atoms with Crippen molar-refractivity contribution in [3.63, 3.8) is 0 Å². The molecule has 132 valence electrons. The van der Waals surface area contributed by atoms with Gasteiger partial charge in [-0.3, -0.25) is 4.79 Å². The number of phenols is 1. The third kappa shape index (κ3) is 3.87. The molecule has 1 saturated heterocycles. The van der Waals surface area contributed by atoms with Crippen molar-refractivity contribution in [3.05, 3.63) is 52.5 Å². The molecule has 2 atom stereocenters. The van der Waals surface area contributed by atoms with E-state index in [2.05, 4.69) is 16.2 Å². The summed E-state index contributed by atoms with van der Waals surface area (Å²) in [5.41, 5.74) is 8.38. The van der Waals surface area contributed by atoms with Crippen molar-refractivity contribution in [1.29, 1.82) is 0 Å². The van der Waals surface area contributed by atoms with Crippen LogP contribution >= 0.6 is 11.6 Å². The van der Waals surface area contributed by atoms with Gasteiger partial charge in [0.15, 0.2) is 0 Å². The van der Waals surface area contributed by atoms with Gasteiger partial charge in [-0.25, -0.2) is 10.9 Å². The Hall–Kier alpha value is -2.28. The average molecular weight is 362 g/mol. The first kappa shape index (κ1) is 17.5. The summed E-state index contributed by atoms with van der Waals surface area (Å²) in [5, 5.41) is 13.4. The van der Waals surface area contributed by atoms with Crippen molar-refractivity contribution in [2.24, 2.45) is 0 Å². The summed E-state index contributed by atoms with van der Waals surface area (Å²) in [4.78, 5) is 12.5. The molecule has 1 aliphatic heterocycles. The molecule has 0 aromatic heterocycles. The van der Waals surface area contributed by atoms with Gasteiger partial charge in [0.25, 0.3) is 0 Å². The van der Waals surface area contributed by atoms with Crippen molar-refractivity contribution in [3.8, 4) is 11.5 Å². The number of anilines is 1. The summed E-state index contributed by atoms with van der Waals surface area (Å²) in [7, 11) is 1.53. The number of hydrogen-bond donors (Lipinski definition) is 4. The lowest BCUT2D eigenvalue weighted by molar-refractivity contribution is -0.117. The third-order valence-corrected chi connectivity index (χ3v) is 4.43. The molecule has 25 heavy (non-hydrogen) atoms. The molecular weight excluding hydrogens is 342 g/mol. The van der Waals surface area contributed by atoms with Crippen LogP contribution in [0.2, 0.25) is 5.02 Å². The van der Waals surface area contributed by atoms with E-state index in [1.807, 2.05) is 19.1 Å². The molecule has 2 aromatic carbocycles. The van der Waals surface area contributed by atoms with Gasteiger partial charge in [0.2, 0.25) is 5.91 Å². The molecule has 2 unspecified atom stereocenters. The fourth-order valence-electron chi connectivity index (χ4n) is 2.88. The Labute approximate surface area is 151 Å². The van der Waals surface area contributed by atoms with Gasteiger partial charge in [-0.2, -0.15) is 0 Å². The molecule has 7 heteroatoms. The molecule has 3 rings (SSSR count). The maximum atomic E-state index is 12.5. The SMILES string of the molecule is COc1ccc(Cl)cc1NC(=O)C1CC(c2cc(C)ccc2O)NN1. The number of halogens is 1. The van der Waals surface area contributed by atoms with E-state index in [-0.39, 0.29) is 17.7 Å². The normalized spacial score (nSPS) is 19.6. The fraction of sp³-hybridized carbons (Fsp3) is 0.278. The zero-order valence-electron chi connectivity index (χ0n) is 14.0. The number of amides is 1. The minimum atomic E-state index is -0.450. The molecule has 0 radical (unpaired) electrons. The topological polar surface area (TPSA) is 82.6 Å². The Kier molecular flexibility index (Phi) is 5.13. The predicted octanol–water partition coefficient (Wildman–Crippen LogP) is 2.91. The Bertz CT molecular complexity index is 797. The summed E-state index contributed by atoms with van der Waals surface area (Å²) in [6.45, 7) is 1.96. The van der Waals surface area contributed by atoms with Gasteiger partial charge < -0.3 is 15.2 Å². The van der Waals surface area contributed by atoms with Crippen molar-refractivity contribution >= 4 is 23.2 Å². The maximum Gasteiger partial charge on any atom is 0.243 e. The zero-order chi connectivity index (χ0) is 18.0. The largest absolute Gasteiger partial charge is 0.508 e.